The Morgan fingerprint density at radius 3 is 1.88 bits per heavy atom. The topological polar surface area (TPSA) is 77.8 Å². The molecule has 0 aliphatic carbocycles. The van der Waals surface area contributed by atoms with Crippen molar-refractivity contribution in [1.29, 1.82) is 0 Å². The third kappa shape index (κ3) is 8.93. The van der Waals surface area contributed by atoms with Crippen LogP contribution in [0.4, 0.5) is 0 Å². The lowest BCUT2D eigenvalue weighted by Gasteiger charge is -2.06. The molecule has 0 aliphatic rings. The fourth-order valence-electron chi connectivity index (χ4n) is 3.03. The average molecular weight is 363 g/mol. The molecule has 4 nitrogen and oxygen atoms in total. The van der Waals surface area contributed by atoms with E-state index in [1.807, 2.05) is 6.08 Å². The highest BCUT2D eigenvalue weighted by Gasteiger charge is 2.16. The van der Waals surface area contributed by atoms with Gasteiger partial charge in [0.2, 0.25) is 0 Å². The van der Waals surface area contributed by atoms with Crippen LogP contribution in [0, 0.1) is 0 Å². The SMILES string of the molecule is CCCCCCCCCCCC=CCCC(=O)c1c(O)cc(O)cc1O. The van der Waals surface area contributed by atoms with Crippen molar-refractivity contribution in [3.8, 4) is 17.2 Å². The normalized spacial score (nSPS) is 11.3. The molecule has 1 aromatic carbocycles. The molecule has 0 saturated heterocycles. The predicted octanol–water partition coefficient (Wildman–Crippen LogP) is 6.24. The van der Waals surface area contributed by atoms with Crippen LogP contribution in [-0.2, 0) is 0 Å². The molecule has 0 heterocycles. The number of unbranched alkanes of at least 4 members (excludes halogenated alkanes) is 9. The third-order valence-corrected chi connectivity index (χ3v) is 4.54. The molecule has 0 aromatic heterocycles. The lowest BCUT2D eigenvalue weighted by molar-refractivity contribution is 0.0978. The molecular weight excluding hydrogens is 328 g/mol. The molecular formula is C22H34O4. The van der Waals surface area contributed by atoms with Gasteiger partial charge in [0.25, 0.3) is 0 Å². The van der Waals surface area contributed by atoms with E-state index in [-0.39, 0.29) is 35.0 Å². The second kappa shape index (κ2) is 13.3. The van der Waals surface area contributed by atoms with Crippen molar-refractivity contribution in [2.24, 2.45) is 0 Å². The summed E-state index contributed by atoms with van der Waals surface area (Å²) in [5, 5.41) is 28.6. The summed E-state index contributed by atoms with van der Waals surface area (Å²) in [4.78, 5) is 12.1. The first-order chi connectivity index (χ1) is 12.6. The molecule has 0 fully saturated rings. The van der Waals surface area contributed by atoms with E-state index in [0.717, 1.165) is 18.6 Å². The summed E-state index contributed by atoms with van der Waals surface area (Å²) < 4.78 is 0. The Kier molecular flexibility index (Phi) is 11.3. The van der Waals surface area contributed by atoms with E-state index in [0.29, 0.717) is 6.42 Å². The van der Waals surface area contributed by atoms with E-state index in [2.05, 4.69) is 13.0 Å². The lowest BCUT2D eigenvalue weighted by atomic mass is 10.0. The van der Waals surface area contributed by atoms with E-state index in [9.17, 15) is 20.1 Å². The fraction of sp³-hybridized carbons (Fsp3) is 0.591. The van der Waals surface area contributed by atoms with Crippen LogP contribution in [0.1, 0.15) is 94.3 Å². The molecule has 4 heteroatoms. The van der Waals surface area contributed by atoms with Gasteiger partial charge >= 0.3 is 0 Å². The molecule has 3 N–H and O–H groups in total. The number of hydrogen-bond donors (Lipinski definition) is 3. The Morgan fingerprint density at radius 1 is 0.808 bits per heavy atom. The van der Waals surface area contributed by atoms with Gasteiger partial charge in [-0.25, -0.2) is 0 Å². The number of allylic oxidation sites excluding steroid dienone is 2. The number of hydrogen-bond acceptors (Lipinski definition) is 4. The molecule has 26 heavy (non-hydrogen) atoms. The zero-order valence-electron chi connectivity index (χ0n) is 16.0. The van der Waals surface area contributed by atoms with Crippen molar-refractivity contribution < 1.29 is 20.1 Å². The molecule has 0 radical (unpaired) electrons. The second-order valence-corrected chi connectivity index (χ2v) is 6.91. The van der Waals surface area contributed by atoms with Gasteiger partial charge < -0.3 is 15.3 Å². The number of carbonyl (C=O) groups excluding carboxylic acids is 1. The molecule has 0 aliphatic heterocycles. The number of ketones is 1. The van der Waals surface area contributed by atoms with Gasteiger partial charge in [-0.05, 0) is 19.3 Å². The summed E-state index contributed by atoms with van der Waals surface area (Å²) in [6, 6.07) is 2.12. The molecule has 0 bridgehead atoms. The van der Waals surface area contributed by atoms with Crippen molar-refractivity contribution in [2.45, 2.75) is 84.0 Å². The number of phenols is 3. The maximum atomic E-state index is 12.1. The first-order valence-corrected chi connectivity index (χ1v) is 9.99. The molecule has 0 spiro atoms. The zero-order chi connectivity index (χ0) is 19.2. The minimum Gasteiger partial charge on any atom is -0.508 e. The number of carbonyl (C=O) groups is 1. The fourth-order valence-corrected chi connectivity index (χ4v) is 3.03. The van der Waals surface area contributed by atoms with E-state index >= 15 is 0 Å². The van der Waals surface area contributed by atoms with Gasteiger partial charge in [-0.15, -0.1) is 0 Å². The number of aromatic hydroxyl groups is 3. The minimum atomic E-state index is -0.383. The maximum Gasteiger partial charge on any atom is 0.170 e. The molecule has 0 atom stereocenters. The van der Waals surface area contributed by atoms with E-state index in [4.69, 9.17) is 0 Å². The van der Waals surface area contributed by atoms with Crippen LogP contribution in [0.2, 0.25) is 0 Å². The van der Waals surface area contributed by atoms with E-state index in [1.54, 1.807) is 0 Å². The molecule has 0 amide bonds. The summed E-state index contributed by atoms with van der Waals surface area (Å²) in [6.07, 6.45) is 17.7. The molecule has 1 aromatic rings. The highest BCUT2D eigenvalue weighted by Crippen LogP contribution is 2.33. The number of benzene rings is 1. The van der Waals surface area contributed by atoms with Gasteiger partial charge in [0, 0.05) is 18.6 Å². The highest BCUT2D eigenvalue weighted by molar-refractivity contribution is 6.01. The van der Waals surface area contributed by atoms with Gasteiger partial charge in [-0.1, -0.05) is 70.4 Å². The standard InChI is InChI=1S/C22H34O4/c1-2-3-4-5-6-7-8-9-10-11-12-13-14-15-19(24)22-20(25)16-18(23)17-21(22)26/h12-13,16-17,23,25-26H,2-11,14-15H2,1H3. The van der Waals surface area contributed by atoms with Crippen molar-refractivity contribution in [1.82, 2.24) is 0 Å². The Morgan fingerprint density at radius 2 is 1.31 bits per heavy atom. The molecule has 1 rings (SSSR count). The molecule has 146 valence electrons. The monoisotopic (exact) mass is 362 g/mol. The molecule has 0 saturated carbocycles. The summed E-state index contributed by atoms with van der Waals surface area (Å²) in [7, 11) is 0. The second-order valence-electron chi connectivity index (χ2n) is 6.91. The Bertz CT molecular complexity index is 540. The van der Waals surface area contributed by atoms with Crippen molar-refractivity contribution in [2.75, 3.05) is 0 Å². The van der Waals surface area contributed by atoms with E-state index in [1.165, 1.54) is 57.8 Å². The zero-order valence-corrected chi connectivity index (χ0v) is 16.0. The largest absolute Gasteiger partial charge is 0.508 e. The average Bonchev–Trinajstić information content (AvgIpc) is 2.58. The lowest BCUT2D eigenvalue weighted by Crippen LogP contribution is -1.99. The van der Waals surface area contributed by atoms with Gasteiger partial charge in [0.1, 0.15) is 22.8 Å². The smallest absolute Gasteiger partial charge is 0.170 e. The molecule has 0 unspecified atom stereocenters. The van der Waals surface area contributed by atoms with Gasteiger partial charge in [-0.2, -0.15) is 0 Å². The Hall–Kier alpha value is -1.97. The summed E-state index contributed by atoms with van der Waals surface area (Å²) >= 11 is 0. The van der Waals surface area contributed by atoms with E-state index < -0.39 is 0 Å². The number of phenolic OH excluding ortho intramolecular Hbond substituents is 3. The number of rotatable bonds is 14. The van der Waals surface area contributed by atoms with Crippen LogP contribution in [0.5, 0.6) is 17.2 Å². The van der Waals surface area contributed by atoms with Crippen molar-refractivity contribution >= 4 is 5.78 Å². The summed E-state index contributed by atoms with van der Waals surface area (Å²) in [5.41, 5.74) is -0.116. The maximum absolute atomic E-state index is 12.1. The van der Waals surface area contributed by atoms with Gasteiger partial charge in [0.15, 0.2) is 5.78 Å². The van der Waals surface area contributed by atoms with Gasteiger partial charge in [0.05, 0.1) is 0 Å². The first kappa shape index (κ1) is 22.1. The third-order valence-electron chi connectivity index (χ3n) is 4.54. The number of Topliss-reactive ketones (excluding diaryl/α,β-unsaturated/α-hetero) is 1. The first-order valence-electron chi connectivity index (χ1n) is 9.99. The summed E-state index contributed by atoms with van der Waals surface area (Å²) in [6.45, 7) is 2.24. The Labute approximate surface area is 157 Å². The Balaban J connectivity index is 2.10. The van der Waals surface area contributed by atoms with Crippen LogP contribution in [0.3, 0.4) is 0 Å². The van der Waals surface area contributed by atoms with Crippen molar-refractivity contribution in [3.05, 3.63) is 29.8 Å². The van der Waals surface area contributed by atoms with Crippen LogP contribution >= 0.6 is 0 Å². The highest BCUT2D eigenvalue weighted by atomic mass is 16.3. The predicted molar refractivity (Wildman–Crippen MR) is 106 cm³/mol. The minimum absolute atomic E-state index is 0.116. The van der Waals surface area contributed by atoms with Crippen LogP contribution in [0.15, 0.2) is 24.3 Å². The quantitative estimate of drug-likeness (QED) is 0.208. The van der Waals surface area contributed by atoms with Crippen LogP contribution in [-0.4, -0.2) is 21.1 Å². The van der Waals surface area contributed by atoms with Crippen molar-refractivity contribution in [3.63, 3.8) is 0 Å². The van der Waals surface area contributed by atoms with Crippen LogP contribution < -0.4 is 0 Å². The van der Waals surface area contributed by atoms with Crippen LogP contribution in [0.25, 0.3) is 0 Å². The van der Waals surface area contributed by atoms with Gasteiger partial charge in [-0.3, -0.25) is 4.79 Å². The summed E-state index contributed by atoms with van der Waals surface area (Å²) in [5.74, 6) is -1.36.